The summed E-state index contributed by atoms with van der Waals surface area (Å²) >= 11 is 0. The monoisotopic (exact) mass is 244 g/mol. The molecule has 0 saturated carbocycles. The van der Waals surface area contributed by atoms with Crippen LogP contribution in [0.25, 0.3) is 0 Å². The maximum atomic E-state index is 12.9. The van der Waals surface area contributed by atoms with Crippen LogP contribution in [0.4, 0.5) is 13.2 Å². The Hall–Kier alpha value is -1.07. The molecule has 0 radical (unpaired) electrons. The van der Waals surface area contributed by atoms with Gasteiger partial charge < -0.3 is 4.90 Å². The number of likely N-dealkylation sites (N-methyl/N-ethyl adjacent to an activating group) is 1. The number of hydrogen-bond donors (Lipinski definition) is 0. The Morgan fingerprint density at radius 3 is 2.35 bits per heavy atom. The van der Waals surface area contributed by atoms with Gasteiger partial charge in [0.25, 0.3) is 0 Å². The molecule has 0 spiro atoms. The van der Waals surface area contributed by atoms with Crippen molar-refractivity contribution < 1.29 is 13.2 Å². The van der Waals surface area contributed by atoms with Crippen molar-refractivity contribution in [3.63, 3.8) is 0 Å². The molecule has 1 heterocycles. The molecule has 0 bridgehead atoms. The second-order valence-corrected chi connectivity index (χ2v) is 4.35. The zero-order chi connectivity index (χ0) is 12.5. The van der Waals surface area contributed by atoms with Gasteiger partial charge in [-0.1, -0.05) is 30.3 Å². The summed E-state index contributed by atoms with van der Waals surface area (Å²) in [7, 11) is 1.85. The second kappa shape index (κ2) is 4.66. The van der Waals surface area contributed by atoms with Gasteiger partial charge in [0.2, 0.25) is 0 Å². The lowest BCUT2D eigenvalue weighted by molar-refractivity contribution is -0.268. The van der Waals surface area contributed by atoms with E-state index in [4.69, 9.17) is 0 Å². The average Bonchev–Trinajstić information content (AvgIpc) is 2.28. The van der Waals surface area contributed by atoms with E-state index in [-0.39, 0.29) is 6.54 Å². The fourth-order valence-electron chi connectivity index (χ4n) is 2.18. The van der Waals surface area contributed by atoms with Crippen molar-refractivity contribution in [2.45, 2.75) is 12.3 Å². The maximum Gasteiger partial charge on any atom is 0.460 e. The normalized spacial score (nSPS) is 23.9. The van der Waals surface area contributed by atoms with E-state index >= 15 is 0 Å². The summed E-state index contributed by atoms with van der Waals surface area (Å²) in [5, 5.41) is 0. The molecule has 5 heteroatoms. The van der Waals surface area contributed by atoms with Gasteiger partial charge in [-0.3, -0.25) is 0 Å². The van der Waals surface area contributed by atoms with Gasteiger partial charge in [-0.25, -0.2) is 4.90 Å². The van der Waals surface area contributed by atoms with Crippen LogP contribution in [0.5, 0.6) is 0 Å². The number of nitrogens with zero attached hydrogens (tertiary/aromatic N) is 2. The molecule has 1 atom stereocenters. The van der Waals surface area contributed by atoms with Crippen LogP contribution in [0, 0.1) is 0 Å². The molecule has 1 aromatic carbocycles. The first-order valence-corrected chi connectivity index (χ1v) is 5.55. The van der Waals surface area contributed by atoms with Crippen molar-refractivity contribution in [2.75, 3.05) is 26.7 Å². The maximum absolute atomic E-state index is 12.9. The molecule has 0 N–H and O–H groups in total. The van der Waals surface area contributed by atoms with Gasteiger partial charge in [0.1, 0.15) is 0 Å². The SMILES string of the molecule is CN1CCN(C(F)(F)F)C(c2ccccc2)C1. The van der Waals surface area contributed by atoms with E-state index in [1.54, 1.807) is 24.3 Å². The van der Waals surface area contributed by atoms with Gasteiger partial charge in [-0.2, -0.15) is 13.2 Å². The first-order chi connectivity index (χ1) is 7.98. The summed E-state index contributed by atoms with van der Waals surface area (Å²) in [6.07, 6.45) is -4.26. The number of piperazine rings is 1. The first-order valence-electron chi connectivity index (χ1n) is 5.55. The van der Waals surface area contributed by atoms with E-state index in [9.17, 15) is 13.2 Å². The molecular formula is C12H15F3N2. The van der Waals surface area contributed by atoms with Crippen LogP contribution >= 0.6 is 0 Å². The highest BCUT2D eigenvalue weighted by molar-refractivity contribution is 5.20. The predicted molar refractivity (Wildman–Crippen MR) is 59.4 cm³/mol. The zero-order valence-electron chi connectivity index (χ0n) is 9.61. The van der Waals surface area contributed by atoms with Gasteiger partial charge >= 0.3 is 6.30 Å². The lowest BCUT2D eigenvalue weighted by atomic mass is 10.0. The highest BCUT2D eigenvalue weighted by Gasteiger charge is 2.44. The third-order valence-corrected chi connectivity index (χ3v) is 3.09. The molecule has 1 unspecified atom stereocenters. The fourth-order valence-corrected chi connectivity index (χ4v) is 2.18. The number of halogens is 3. The minimum Gasteiger partial charge on any atom is -0.303 e. The van der Waals surface area contributed by atoms with Crippen LogP contribution < -0.4 is 0 Å². The van der Waals surface area contributed by atoms with Gasteiger partial charge in [0.15, 0.2) is 0 Å². The summed E-state index contributed by atoms with van der Waals surface area (Å²) in [4.78, 5) is 2.56. The minimum atomic E-state index is -4.26. The standard InChI is InChI=1S/C12H15F3N2/c1-16-7-8-17(12(13,14)15)11(9-16)10-5-3-2-4-6-10/h2-6,11H,7-9H2,1H3. The first kappa shape index (κ1) is 12.4. The van der Waals surface area contributed by atoms with Gasteiger partial charge in [-0.15, -0.1) is 0 Å². The molecule has 2 nitrogen and oxygen atoms in total. The summed E-state index contributed by atoms with van der Waals surface area (Å²) in [6, 6.07) is 8.27. The topological polar surface area (TPSA) is 6.48 Å². The van der Waals surface area contributed by atoms with Crippen molar-refractivity contribution in [3.05, 3.63) is 35.9 Å². The van der Waals surface area contributed by atoms with E-state index in [0.29, 0.717) is 18.0 Å². The fraction of sp³-hybridized carbons (Fsp3) is 0.500. The summed E-state index contributed by atoms with van der Waals surface area (Å²) in [5.74, 6) is 0. The molecule has 0 aliphatic carbocycles. The average molecular weight is 244 g/mol. The van der Waals surface area contributed by atoms with Gasteiger partial charge in [-0.05, 0) is 12.6 Å². The highest BCUT2D eigenvalue weighted by atomic mass is 19.4. The molecule has 0 aromatic heterocycles. The summed E-state index contributed by atoms with van der Waals surface area (Å²) in [5.41, 5.74) is 0.719. The Morgan fingerprint density at radius 2 is 1.76 bits per heavy atom. The number of alkyl halides is 3. The van der Waals surface area contributed by atoms with Gasteiger partial charge in [0, 0.05) is 19.6 Å². The van der Waals surface area contributed by atoms with Crippen molar-refractivity contribution >= 4 is 0 Å². The van der Waals surface area contributed by atoms with E-state index in [2.05, 4.69) is 0 Å². The molecular weight excluding hydrogens is 229 g/mol. The van der Waals surface area contributed by atoms with Crippen molar-refractivity contribution in [3.8, 4) is 0 Å². The van der Waals surface area contributed by atoms with Crippen LogP contribution in [0.2, 0.25) is 0 Å². The van der Waals surface area contributed by atoms with E-state index < -0.39 is 12.3 Å². The molecule has 2 rings (SSSR count). The molecule has 17 heavy (non-hydrogen) atoms. The van der Waals surface area contributed by atoms with E-state index in [0.717, 1.165) is 5.56 Å². The zero-order valence-corrected chi connectivity index (χ0v) is 9.61. The molecule has 1 saturated heterocycles. The van der Waals surface area contributed by atoms with Crippen LogP contribution in [-0.4, -0.2) is 42.8 Å². The lowest BCUT2D eigenvalue weighted by Gasteiger charge is -2.40. The van der Waals surface area contributed by atoms with Crippen LogP contribution in [-0.2, 0) is 0 Å². The smallest absolute Gasteiger partial charge is 0.303 e. The van der Waals surface area contributed by atoms with E-state index in [1.165, 1.54) is 0 Å². The molecule has 94 valence electrons. The third kappa shape index (κ3) is 2.79. The molecule has 1 aliphatic heterocycles. The number of hydrogen-bond acceptors (Lipinski definition) is 2. The second-order valence-electron chi connectivity index (χ2n) is 4.35. The van der Waals surface area contributed by atoms with E-state index in [1.807, 2.05) is 18.0 Å². The van der Waals surface area contributed by atoms with Crippen LogP contribution in [0.3, 0.4) is 0 Å². The van der Waals surface area contributed by atoms with Crippen molar-refractivity contribution in [1.29, 1.82) is 0 Å². The lowest BCUT2D eigenvalue weighted by Crippen LogP contribution is -2.52. The summed E-state index contributed by atoms with van der Waals surface area (Å²) < 4.78 is 38.7. The Bertz CT molecular complexity index is 364. The van der Waals surface area contributed by atoms with Crippen LogP contribution in [0.15, 0.2) is 30.3 Å². The Labute approximate surface area is 98.6 Å². The molecule has 0 amide bonds. The van der Waals surface area contributed by atoms with Crippen molar-refractivity contribution in [2.24, 2.45) is 0 Å². The number of benzene rings is 1. The Balaban J connectivity index is 2.26. The summed E-state index contributed by atoms with van der Waals surface area (Å²) in [6.45, 7) is 0.881. The third-order valence-electron chi connectivity index (χ3n) is 3.09. The quantitative estimate of drug-likeness (QED) is 0.700. The van der Waals surface area contributed by atoms with Gasteiger partial charge in [0.05, 0.1) is 6.04 Å². The highest BCUT2D eigenvalue weighted by Crippen LogP contribution is 2.34. The molecule has 1 aliphatic rings. The predicted octanol–water partition coefficient (Wildman–Crippen LogP) is 2.49. The molecule has 1 aromatic rings. The molecule has 1 fully saturated rings. The Kier molecular flexibility index (Phi) is 3.40. The Morgan fingerprint density at radius 1 is 1.12 bits per heavy atom. The largest absolute Gasteiger partial charge is 0.460 e. The van der Waals surface area contributed by atoms with Crippen molar-refractivity contribution in [1.82, 2.24) is 9.80 Å². The number of rotatable bonds is 1. The van der Waals surface area contributed by atoms with Crippen LogP contribution in [0.1, 0.15) is 11.6 Å². The minimum absolute atomic E-state index is 0.0273.